The maximum absolute atomic E-state index is 12.8. The molecule has 1 atom stereocenters. The fraction of sp³-hybridized carbons (Fsp3) is 0.591. The predicted octanol–water partition coefficient (Wildman–Crippen LogP) is 4.04. The number of amides is 2. The van der Waals surface area contributed by atoms with Crippen LogP contribution in [0.15, 0.2) is 24.3 Å². The molecular formula is C22H34N2O6. The second-order valence-corrected chi connectivity index (χ2v) is 7.70. The van der Waals surface area contributed by atoms with E-state index < -0.39 is 17.7 Å². The van der Waals surface area contributed by atoms with E-state index in [1.165, 1.54) is 0 Å². The first-order valence-electron chi connectivity index (χ1n) is 10.3. The Morgan fingerprint density at radius 2 is 1.80 bits per heavy atom. The molecule has 2 amide bonds. The second-order valence-electron chi connectivity index (χ2n) is 7.70. The Labute approximate surface area is 178 Å². The average Bonchev–Trinajstić information content (AvgIpc) is 2.63. The fourth-order valence-corrected chi connectivity index (χ4v) is 2.63. The van der Waals surface area contributed by atoms with Crippen molar-refractivity contribution in [2.75, 3.05) is 18.5 Å². The Morgan fingerprint density at radius 3 is 2.43 bits per heavy atom. The van der Waals surface area contributed by atoms with E-state index in [0.717, 1.165) is 0 Å². The molecule has 0 saturated heterocycles. The van der Waals surface area contributed by atoms with E-state index >= 15 is 0 Å². The van der Waals surface area contributed by atoms with Gasteiger partial charge in [-0.3, -0.25) is 9.59 Å². The van der Waals surface area contributed by atoms with Crippen molar-refractivity contribution in [2.45, 2.75) is 71.9 Å². The van der Waals surface area contributed by atoms with Gasteiger partial charge in [0, 0.05) is 18.2 Å². The summed E-state index contributed by atoms with van der Waals surface area (Å²) in [6.45, 7) is 9.73. The molecule has 0 fully saturated rings. The van der Waals surface area contributed by atoms with Gasteiger partial charge in [0.05, 0.1) is 13.2 Å². The number of hydrogen-bond donors (Lipinski definition) is 2. The summed E-state index contributed by atoms with van der Waals surface area (Å²) in [6.07, 6.45) is 1.07. The van der Waals surface area contributed by atoms with Gasteiger partial charge in [-0.1, -0.05) is 12.5 Å². The van der Waals surface area contributed by atoms with Gasteiger partial charge in [0.1, 0.15) is 17.4 Å². The highest BCUT2D eigenvalue weighted by atomic mass is 16.6. The molecule has 8 nitrogen and oxygen atoms in total. The molecule has 1 aromatic rings. The number of hydrogen-bond acceptors (Lipinski definition) is 6. The summed E-state index contributed by atoms with van der Waals surface area (Å²) in [4.78, 5) is 36.5. The number of benzene rings is 1. The minimum Gasteiger partial charge on any atom is -0.494 e. The number of ether oxygens (including phenoxy) is 3. The van der Waals surface area contributed by atoms with Crippen molar-refractivity contribution < 1.29 is 28.6 Å². The monoisotopic (exact) mass is 422 g/mol. The molecule has 1 rings (SSSR count). The standard InChI is InChI=1S/C22H34N2O6/c1-6-28-17-12-10-11-16(15-17)23-20(26)18(24-21(27)30-22(3,4)5)13-8-9-14-19(25)29-7-2/h10-12,15,18H,6-9,13-14H2,1-5H3,(H,23,26)(H,24,27)/t18-/m0/s1. The van der Waals surface area contributed by atoms with E-state index in [-0.39, 0.29) is 18.3 Å². The van der Waals surface area contributed by atoms with Crippen molar-refractivity contribution in [2.24, 2.45) is 0 Å². The zero-order chi connectivity index (χ0) is 22.6. The Balaban J connectivity index is 2.74. The highest BCUT2D eigenvalue weighted by Gasteiger charge is 2.24. The lowest BCUT2D eigenvalue weighted by Gasteiger charge is -2.23. The lowest BCUT2D eigenvalue weighted by atomic mass is 10.1. The van der Waals surface area contributed by atoms with Crippen LogP contribution in [0.3, 0.4) is 0 Å². The first-order chi connectivity index (χ1) is 14.1. The maximum atomic E-state index is 12.8. The van der Waals surface area contributed by atoms with Crippen LogP contribution in [0.2, 0.25) is 0 Å². The molecular weight excluding hydrogens is 388 g/mol. The topological polar surface area (TPSA) is 103 Å². The Kier molecular flexibility index (Phi) is 10.7. The summed E-state index contributed by atoms with van der Waals surface area (Å²) in [5.41, 5.74) is -0.116. The van der Waals surface area contributed by atoms with Gasteiger partial charge in [-0.15, -0.1) is 0 Å². The zero-order valence-corrected chi connectivity index (χ0v) is 18.6. The summed E-state index contributed by atoms with van der Waals surface area (Å²) in [6, 6.07) is 6.22. The van der Waals surface area contributed by atoms with Crippen molar-refractivity contribution >= 4 is 23.7 Å². The molecule has 8 heteroatoms. The van der Waals surface area contributed by atoms with E-state index in [1.807, 2.05) is 6.92 Å². The third-order valence-electron chi connectivity index (χ3n) is 3.85. The molecule has 0 radical (unpaired) electrons. The highest BCUT2D eigenvalue weighted by Crippen LogP contribution is 2.18. The van der Waals surface area contributed by atoms with Gasteiger partial charge in [-0.2, -0.15) is 0 Å². The van der Waals surface area contributed by atoms with E-state index in [0.29, 0.717) is 43.9 Å². The third-order valence-corrected chi connectivity index (χ3v) is 3.85. The van der Waals surface area contributed by atoms with Gasteiger partial charge in [0.25, 0.3) is 0 Å². The van der Waals surface area contributed by atoms with Crippen LogP contribution in [0.1, 0.15) is 60.3 Å². The number of alkyl carbamates (subject to hydrolysis) is 1. The highest BCUT2D eigenvalue weighted by molar-refractivity contribution is 5.96. The predicted molar refractivity (Wildman–Crippen MR) is 114 cm³/mol. The van der Waals surface area contributed by atoms with E-state index in [1.54, 1.807) is 52.0 Å². The Morgan fingerprint density at radius 1 is 1.07 bits per heavy atom. The lowest BCUT2D eigenvalue weighted by molar-refractivity contribution is -0.143. The van der Waals surface area contributed by atoms with Crippen LogP contribution in [0, 0.1) is 0 Å². The largest absolute Gasteiger partial charge is 0.494 e. The second kappa shape index (κ2) is 12.7. The maximum Gasteiger partial charge on any atom is 0.408 e. The van der Waals surface area contributed by atoms with Gasteiger partial charge >= 0.3 is 12.1 Å². The number of carbonyl (C=O) groups excluding carboxylic acids is 3. The third kappa shape index (κ3) is 10.7. The average molecular weight is 423 g/mol. The lowest BCUT2D eigenvalue weighted by Crippen LogP contribution is -2.45. The van der Waals surface area contributed by atoms with Gasteiger partial charge < -0.3 is 24.8 Å². The minimum atomic E-state index is -0.808. The smallest absolute Gasteiger partial charge is 0.408 e. The summed E-state index contributed by atoms with van der Waals surface area (Å²) >= 11 is 0. The molecule has 168 valence electrons. The van der Waals surface area contributed by atoms with Gasteiger partial charge in [0.2, 0.25) is 5.91 Å². The minimum absolute atomic E-state index is 0.269. The summed E-state index contributed by atoms with van der Waals surface area (Å²) in [5, 5.41) is 5.42. The van der Waals surface area contributed by atoms with Crippen LogP contribution in [-0.2, 0) is 19.1 Å². The van der Waals surface area contributed by atoms with Crippen molar-refractivity contribution in [3.8, 4) is 5.75 Å². The van der Waals surface area contributed by atoms with Gasteiger partial charge in [-0.05, 0) is 59.6 Å². The molecule has 0 unspecified atom stereocenters. The Hall–Kier alpha value is -2.77. The number of esters is 1. The van der Waals surface area contributed by atoms with Crippen molar-refractivity contribution in [3.05, 3.63) is 24.3 Å². The van der Waals surface area contributed by atoms with E-state index in [4.69, 9.17) is 14.2 Å². The molecule has 0 aliphatic rings. The normalized spacial score (nSPS) is 11.9. The first-order valence-corrected chi connectivity index (χ1v) is 10.3. The number of nitrogens with one attached hydrogen (secondary N) is 2. The molecule has 0 spiro atoms. The van der Waals surface area contributed by atoms with Crippen LogP contribution in [0.5, 0.6) is 5.75 Å². The summed E-state index contributed by atoms with van der Waals surface area (Å²) < 4.78 is 15.6. The number of anilines is 1. The number of unbranched alkanes of at least 4 members (excludes halogenated alkanes) is 1. The fourth-order valence-electron chi connectivity index (χ4n) is 2.63. The van der Waals surface area contributed by atoms with Gasteiger partial charge in [-0.25, -0.2) is 4.79 Å². The van der Waals surface area contributed by atoms with Crippen molar-refractivity contribution in [3.63, 3.8) is 0 Å². The molecule has 1 aromatic carbocycles. The number of rotatable bonds is 11. The van der Waals surface area contributed by atoms with E-state index in [9.17, 15) is 14.4 Å². The molecule has 0 aliphatic heterocycles. The Bertz CT molecular complexity index is 699. The summed E-state index contributed by atoms with van der Waals surface area (Å²) in [7, 11) is 0. The molecule has 0 heterocycles. The zero-order valence-electron chi connectivity index (χ0n) is 18.6. The molecule has 2 N–H and O–H groups in total. The molecule has 0 aliphatic carbocycles. The van der Waals surface area contributed by atoms with Crippen molar-refractivity contribution in [1.82, 2.24) is 5.32 Å². The van der Waals surface area contributed by atoms with Crippen LogP contribution >= 0.6 is 0 Å². The van der Waals surface area contributed by atoms with Crippen LogP contribution in [0.25, 0.3) is 0 Å². The van der Waals surface area contributed by atoms with Crippen LogP contribution in [-0.4, -0.2) is 42.8 Å². The molecule has 30 heavy (non-hydrogen) atoms. The quantitative estimate of drug-likeness (QED) is 0.412. The van der Waals surface area contributed by atoms with Crippen LogP contribution < -0.4 is 15.4 Å². The van der Waals surface area contributed by atoms with Crippen molar-refractivity contribution in [1.29, 1.82) is 0 Å². The molecule has 0 aromatic heterocycles. The first kappa shape index (κ1) is 25.3. The number of carbonyl (C=O) groups is 3. The summed E-state index contributed by atoms with van der Waals surface area (Å²) in [5.74, 6) is -0.00151. The molecule has 0 saturated carbocycles. The molecule has 0 bridgehead atoms. The van der Waals surface area contributed by atoms with Gasteiger partial charge in [0.15, 0.2) is 0 Å². The van der Waals surface area contributed by atoms with Crippen LogP contribution in [0.4, 0.5) is 10.5 Å². The van der Waals surface area contributed by atoms with E-state index in [2.05, 4.69) is 10.6 Å². The SMILES string of the molecule is CCOC(=O)CCCC[C@H](NC(=O)OC(C)(C)C)C(=O)Nc1cccc(OCC)c1.